The Labute approximate surface area is 211 Å². The van der Waals surface area contributed by atoms with E-state index in [1.807, 2.05) is 24.3 Å². The minimum atomic E-state index is 0.165. The van der Waals surface area contributed by atoms with E-state index in [2.05, 4.69) is 49.8 Å². The number of hydrogen-bond acceptors (Lipinski definition) is 6. The highest BCUT2D eigenvalue weighted by molar-refractivity contribution is 6.28. The van der Waals surface area contributed by atoms with Crippen LogP contribution in [0.3, 0.4) is 0 Å². The minimum absolute atomic E-state index is 0.165. The van der Waals surface area contributed by atoms with Crippen molar-refractivity contribution in [3.05, 3.63) is 59.0 Å². The first kappa shape index (κ1) is 23.8. The first-order valence-electron chi connectivity index (χ1n) is 12.5. The van der Waals surface area contributed by atoms with Gasteiger partial charge in [0.1, 0.15) is 11.5 Å². The van der Waals surface area contributed by atoms with Crippen molar-refractivity contribution < 1.29 is 0 Å². The lowest BCUT2D eigenvalue weighted by Gasteiger charge is -2.32. The summed E-state index contributed by atoms with van der Waals surface area (Å²) in [7, 11) is 2.22. The van der Waals surface area contributed by atoms with Crippen molar-refractivity contribution in [3.8, 4) is 0 Å². The second-order valence-electron chi connectivity index (χ2n) is 9.99. The molecule has 2 atom stereocenters. The summed E-state index contributed by atoms with van der Waals surface area (Å²) in [6, 6.07) is 10.5. The number of likely N-dealkylation sites (tertiary alicyclic amines) is 1. The number of benzene rings is 1. The van der Waals surface area contributed by atoms with Gasteiger partial charge >= 0.3 is 0 Å². The Morgan fingerprint density at radius 1 is 1.11 bits per heavy atom. The van der Waals surface area contributed by atoms with E-state index >= 15 is 0 Å². The van der Waals surface area contributed by atoms with Crippen molar-refractivity contribution in [1.29, 1.82) is 0 Å². The molecular weight excluding hydrogens is 458 g/mol. The van der Waals surface area contributed by atoms with Crippen molar-refractivity contribution >= 4 is 40.4 Å². The van der Waals surface area contributed by atoms with E-state index in [-0.39, 0.29) is 5.28 Å². The summed E-state index contributed by atoms with van der Waals surface area (Å²) in [5, 5.41) is 0.931. The average Bonchev–Trinajstić information content (AvgIpc) is 3.48. The largest absolute Gasteiger partial charge is 0.398 e. The first-order valence-corrected chi connectivity index (χ1v) is 12.9. The Bertz CT molecular complexity index is 1230. The maximum Gasteiger partial charge on any atom is 0.226 e. The van der Waals surface area contributed by atoms with Gasteiger partial charge in [-0.25, -0.2) is 4.98 Å². The molecule has 0 bridgehead atoms. The maximum atomic E-state index is 6.52. The summed E-state index contributed by atoms with van der Waals surface area (Å²) < 4.78 is 2.24. The predicted molar refractivity (Wildman–Crippen MR) is 144 cm³/mol. The second-order valence-corrected chi connectivity index (χ2v) is 10.3. The van der Waals surface area contributed by atoms with Crippen LogP contribution in [0.4, 0.5) is 5.82 Å². The van der Waals surface area contributed by atoms with Crippen LogP contribution in [0.15, 0.2) is 47.6 Å². The summed E-state index contributed by atoms with van der Waals surface area (Å²) in [6.45, 7) is 3.01. The molecule has 1 aromatic carbocycles. The second kappa shape index (κ2) is 10.4. The minimum Gasteiger partial charge on any atom is -0.398 e. The maximum absolute atomic E-state index is 6.52. The van der Waals surface area contributed by atoms with Crippen LogP contribution in [0, 0.1) is 11.8 Å². The quantitative estimate of drug-likeness (QED) is 0.376. The Kier molecular flexibility index (Phi) is 7.07. The number of fused-ring (bicyclic) bond motifs is 1. The van der Waals surface area contributed by atoms with Crippen LogP contribution in [0.2, 0.25) is 5.28 Å². The molecule has 7 nitrogen and oxygen atoms in total. The molecule has 1 aliphatic carbocycles. The number of rotatable bonds is 6. The SMILES string of the molecule is CN1CCC(C2CCC(n3cc(/C(N)=C/C=NCc4ccccc4)c4c(N)nc(Cl)nc43)C2)CC1. The van der Waals surface area contributed by atoms with Gasteiger partial charge in [-0.15, -0.1) is 0 Å². The van der Waals surface area contributed by atoms with Crippen molar-refractivity contribution in [1.82, 2.24) is 19.4 Å². The molecule has 5 rings (SSSR count). The molecule has 3 aromatic rings. The van der Waals surface area contributed by atoms with Gasteiger partial charge in [0.05, 0.1) is 11.9 Å². The lowest BCUT2D eigenvalue weighted by Crippen LogP contribution is -2.32. The van der Waals surface area contributed by atoms with Gasteiger partial charge < -0.3 is 20.9 Å². The number of hydrogen-bond donors (Lipinski definition) is 2. The number of aliphatic imine (C=N–C) groups is 1. The molecule has 35 heavy (non-hydrogen) atoms. The molecule has 2 unspecified atom stereocenters. The van der Waals surface area contributed by atoms with E-state index in [0.717, 1.165) is 46.8 Å². The molecule has 1 saturated heterocycles. The molecule has 8 heteroatoms. The summed E-state index contributed by atoms with van der Waals surface area (Å²) in [5.74, 6) is 1.92. The third kappa shape index (κ3) is 5.21. The Balaban J connectivity index is 1.39. The fourth-order valence-electron chi connectivity index (χ4n) is 5.78. The fraction of sp³-hybridized carbons (Fsp3) is 0.444. The van der Waals surface area contributed by atoms with Gasteiger partial charge in [-0.1, -0.05) is 30.3 Å². The number of nitrogens with two attached hydrogens (primary N) is 2. The summed E-state index contributed by atoms with van der Waals surface area (Å²) in [5.41, 5.74) is 16.2. The average molecular weight is 492 g/mol. The fourth-order valence-corrected chi connectivity index (χ4v) is 5.95. The van der Waals surface area contributed by atoms with E-state index in [1.54, 1.807) is 6.21 Å². The molecule has 4 N–H and O–H groups in total. The van der Waals surface area contributed by atoms with Crippen LogP contribution >= 0.6 is 11.6 Å². The van der Waals surface area contributed by atoms with Crippen molar-refractivity contribution in [2.45, 2.75) is 44.7 Å². The van der Waals surface area contributed by atoms with Gasteiger partial charge in [-0.05, 0) is 87.3 Å². The zero-order chi connectivity index (χ0) is 24.4. The van der Waals surface area contributed by atoms with Crippen molar-refractivity contribution in [3.63, 3.8) is 0 Å². The van der Waals surface area contributed by atoms with Gasteiger partial charge in [0.15, 0.2) is 0 Å². The van der Waals surface area contributed by atoms with E-state index in [1.165, 1.54) is 32.4 Å². The molecule has 3 heterocycles. The number of piperidine rings is 1. The van der Waals surface area contributed by atoms with Crippen molar-refractivity contribution in [2.75, 3.05) is 25.9 Å². The number of allylic oxidation sites excluding steroid dienone is 1. The predicted octanol–water partition coefficient (Wildman–Crippen LogP) is 4.92. The molecule has 0 spiro atoms. The number of halogens is 1. The molecule has 2 aromatic heterocycles. The van der Waals surface area contributed by atoms with Crippen LogP contribution in [-0.4, -0.2) is 45.8 Å². The molecule has 1 saturated carbocycles. The van der Waals surface area contributed by atoms with Crippen LogP contribution in [0.5, 0.6) is 0 Å². The number of aromatic nitrogens is 3. The van der Waals surface area contributed by atoms with Crippen LogP contribution in [-0.2, 0) is 6.54 Å². The van der Waals surface area contributed by atoms with Gasteiger partial charge in [0.25, 0.3) is 0 Å². The van der Waals surface area contributed by atoms with Gasteiger partial charge in [-0.3, -0.25) is 4.99 Å². The van der Waals surface area contributed by atoms with Crippen molar-refractivity contribution in [2.24, 2.45) is 22.6 Å². The Hall–Kier alpha value is -2.90. The number of nitrogens with zero attached hydrogens (tertiary/aromatic N) is 5. The van der Waals surface area contributed by atoms with E-state index in [9.17, 15) is 0 Å². The number of anilines is 1. The van der Waals surface area contributed by atoms with E-state index in [0.29, 0.717) is 24.1 Å². The third-order valence-electron chi connectivity index (χ3n) is 7.73. The zero-order valence-electron chi connectivity index (χ0n) is 20.3. The van der Waals surface area contributed by atoms with Crippen LogP contribution < -0.4 is 11.5 Å². The smallest absolute Gasteiger partial charge is 0.226 e. The highest BCUT2D eigenvalue weighted by Crippen LogP contribution is 2.44. The monoisotopic (exact) mass is 491 g/mol. The standard InChI is InChI=1S/C27H34ClN7/c1-34-13-10-19(11-14-34)20-7-8-21(15-20)35-17-22(24-25(30)32-27(28)33-26(24)35)23(29)9-12-31-16-18-5-3-2-4-6-18/h2-6,9,12,17,19-21H,7-8,10-11,13-16,29H2,1H3,(H2,30,32,33)/b23-9-,31-12?. The normalized spacial score (nSPS) is 22.5. The lowest BCUT2D eigenvalue weighted by molar-refractivity contribution is 0.170. The molecule has 2 fully saturated rings. The Morgan fingerprint density at radius 3 is 2.66 bits per heavy atom. The van der Waals surface area contributed by atoms with E-state index < -0.39 is 0 Å². The Morgan fingerprint density at radius 2 is 1.89 bits per heavy atom. The zero-order valence-corrected chi connectivity index (χ0v) is 21.0. The topological polar surface area (TPSA) is 98.3 Å². The summed E-state index contributed by atoms with van der Waals surface area (Å²) in [4.78, 5) is 15.7. The van der Waals surface area contributed by atoms with Gasteiger partial charge in [0, 0.05) is 29.7 Å². The summed E-state index contributed by atoms with van der Waals surface area (Å²) >= 11 is 6.23. The highest BCUT2D eigenvalue weighted by Gasteiger charge is 2.34. The lowest BCUT2D eigenvalue weighted by atomic mass is 9.83. The van der Waals surface area contributed by atoms with Crippen LogP contribution in [0.1, 0.15) is 49.3 Å². The molecule has 2 aliphatic rings. The molecule has 1 aliphatic heterocycles. The molecule has 184 valence electrons. The molecule has 0 radical (unpaired) electrons. The first-order chi connectivity index (χ1) is 17.0. The van der Waals surface area contributed by atoms with E-state index in [4.69, 9.17) is 23.1 Å². The number of nitrogen functional groups attached to an aromatic ring is 1. The van der Waals surface area contributed by atoms with Crippen LogP contribution in [0.25, 0.3) is 16.7 Å². The summed E-state index contributed by atoms with van der Waals surface area (Å²) in [6.07, 6.45) is 11.8. The molecule has 0 amide bonds. The molecular formula is C27H34ClN7. The highest BCUT2D eigenvalue weighted by atomic mass is 35.5. The van der Waals surface area contributed by atoms with Gasteiger partial charge in [-0.2, -0.15) is 4.98 Å². The van der Waals surface area contributed by atoms with Gasteiger partial charge in [0.2, 0.25) is 5.28 Å². The third-order valence-corrected chi connectivity index (χ3v) is 7.90.